The van der Waals surface area contributed by atoms with E-state index in [1.165, 1.54) is 18.6 Å². The van der Waals surface area contributed by atoms with Gasteiger partial charge in [-0.15, -0.1) is 0 Å². The lowest BCUT2D eigenvalue weighted by Crippen LogP contribution is -2.13. The van der Waals surface area contributed by atoms with Gasteiger partial charge in [-0.3, -0.25) is 4.79 Å². The molecule has 0 spiro atoms. The summed E-state index contributed by atoms with van der Waals surface area (Å²) in [5.41, 5.74) is 2.92. The van der Waals surface area contributed by atoms with Gasteiger partial charge in [0, 0.05) is 30.0 Å². The largest absolute Gasteiger partial charge is 0.322 e. The molecule has 0 bridgehead atoms. The lowest BCUT2D eigenvalue weighted by molar-refractivity contribution is 0.102. The van der Waals surface area contributed by atoms with E-state index in [-0.39, 0.29) is 5.91 Å². The second-order valence-corrected chi connectivity index (χ2v) is 6.33. The van der Waals surface area contributed by atoms with E-state index in [0.29, 0.717) is 22.8 Å². The molecular weight excluding hydrogens is 359 g/mol. The molecule has 0 aliphatic rings. The van der Waals surface area contributed by atoms with Crippen LogP contribution in [0.25, 0.3) is 11.5 Å². The highest BCUT2D eigenvalue weighted by atomic mass is 19.1. The molecule has 3 aromatic heterocycles. The number of nitrogens with one attached hydrogen (secondary N) is 1. The van der Waals surface area contributed by atoms with Gasteiger partial charge in [-0.25, -0.2) is 19.0 Å². The van der Waals surface area contributed by atoms with Crippen molar-refractivity contribution >= 4 is 11.6 Å². The maximum absolute atomic E-state index is 14.3. The number of hydrogen-bond donors (Lipinski definition) is 1. The normalized spacial score (nSPS) is 10.8. The molecule has 4 aromatic rings. The van der Waals surface area contributed by atoms with Crippen LogP contribution in [0.2, 0.25) is 0 Å². The summed E-state index contributed by atoms with van der Waals surface area (Å²) in [5.74, 6) is -0.214. The number of amides is 1. The van der Waals surface area contributed by atoms with E-state index < -0.39 is 5.82 Å². The van der Waals surface area contributed by atoms with E-state index in [1.54, 1.807) is 45.9 Å². The average molecular weight is 376 g/mol. The number of hydrogen-bond acceptors (Lipinski definition) is 4. The Morgan fingerprint density at radius 3 is 2.61 bits per heavy atom. The zero-order chi connectivity index (χ0) is 19.7. The summed E-state index contributed by atoms with van der Waals surface area (Å²) in [4.78, 5) is 20.7. The van der Waals surface area contributed by atoms with Crippen molar-refractivity contribution in [1.82, 2.24) is 24.3 Å². The summed E-state index contributed by atoms with van der Waals surface area (Å²) >= 11 is 0. The van der Waals surface area contributed by atoms with Crippen LogP contribution in [0.15, 0.2) is 61.3 Å². The molecule has 1 amide bonds. The lowest BCUT2D eigenvalue weighted by Gasteiger charge is -2.09. The fraction of sp³-hybridized carbons (Fsp3) is 0.100. The van der Waals surface area contributed by atoms with Gasteiger partial charge in [0.15, 0.2) is 5.82 Å². The minimum atomic E-state index is -0.464. The number of anilines is 1. The third kappa shape index (κ3) is 3.39. The number of halogens is 1. The first kappa shape index (κ1) is 17.6. The number of imidazole rings is 1. The summed E-state index contributed by atoms with van der Waals surface area (Å²) in [5, 5.41) is 7.05. The Balaban J connectivity index is 1.51. The Bertz CT molecular complexity index is 1130. The molecule has 0 aliphatic carbocycles. The Labute approximate surface area is 160 Å². The van der Waals surface area contributed by atoms with Crippen molar-refractivity contribution in [3.63, 3.8) is 0 Å². The Kier molecular flexibility index (Phi) is 4.44. The molecule has 0 radical (unpaired) electrons. The molecule has 4 rings (SSSR count). The molecule has 0 unspecified atom stereocenters. The molecule has 8 heteroatoms. The first-order valence-corrected chi connectivity index (χ1v) is 8.60. The van der Waals surface area contributed by atoms with E-state index in [2.05, 4.69) is 20.4 Å². The summed E-state index contributed by atoms with van der Waals surface area (Å²) in [6.07, 6.45) is 6.19. The first-order chi connectivity index (χ1) is 13.5. The summed E-state index contributed by atoms with van der Waals surface area (Å²) in [6.45, 7) is 3.84. The SMILES string of the molecule is Cc1cc(C)n(-c2ccc(C(=O)Nc3ccc(-n4ccnc4)c(F)c3)cn2)n1. The van der Waals surface area contributed by atoms with Gasteiger partial charge >= 0.3 is 0 Å². The van der Waals surface area contributed by atoms with E-state index in [4.69, 9.17) is 0 Å². The van der Waals surface area contributed by atoms with Crippen LogP contribution in [0, 0.1) is 19.7 Å². The highest BCUT2D eigenvalue weighted by molar-refractivity contribution is 6.04. The number of nitrogens with zero attached hydrogens (tertiary/aromatic N) is 5. The second-order valence-electron chi connectivity index (χ2n) is 6.33. The van der Waals surface area contributed by atoms with Gasteiger partial charge < -0.3 is 9.88 Å². The Hall–Kier alpha value is -3.81. The number of aryl methyl sites for hydroxylation is 2. The molecule has 3 heterocycles. The van der Waals surface area contributed by atoms with E-state index in [0.717, 1.165) is 11.4 Å². The van der Waals surface area contributed by atoms with Crippen molar-refractivity contribution < 1.29 is 9.18 Å². The van der Waals surface area contributed by atoms with E-state index in [1.807, 2.05) is 19.9 Å². The molecule has 7 nitrogen and oxygen atoms in total. The topological polar surface area (TPSA) is 77.6 Å². The quantitative estimate of drug-likeness (QED) is 0.592. The summed E-state index contributed by atoms with van der Waals surface area (Å²) in [7, 11) is 0. The van der Waals surface area contributed by atoms with Crippen LogP contribution in [0.5, 0.6) is 0 Å². The molecule has 0 saturated carbocycles. The van der Waals surface area contributed by atoms with Crippen molar-refractivity contribution in [2.45, 2.75) is 13.8 Å². The van der Waals surface area contributed by atoms with Gasteiger partial charge in [-0.2, -0.15) is 5.10 Å². The average Bonchev–Trinajstić information content (AvgIpc) is 3.31. The number of aromatic nitrogens is 5. The first-order valence-electron chi connectivity index (χ1n) is 8.60. The van der Waals surface area contributed by atoms with Crippen LogP contribution in [0.1, 0.15) is 21.7 Å². The van der Waals surface area contributed by atoms with Crippen molar-refractivity contribution in [3.8, 4) is 11.5 Å². The number of rotatable bonds is 4. The molecule has 0 saturated heterocycles. The molecule has 140 valence electrons. The lowest BCUT2D eigenvalue weighted by atomic mass is 10.2. The van der Waals surface area contributed by atoms with Crippen molar-refractivity contribution in [2.75, 3.05) is 5.32 Å². The Morgan fingerprint density at radius 2 is 2.00 bits per heavy atom. The summed E-state index contributed by atoms with van der Waals surface area (Å²) in [6, 6.07) is 9.81. The van der Waals surface area contributed by atoms with Crippen LogP contribution in [-0.4, -0.2) is 30.2 Å². The fourth-order valence-corrected chi connectivity index (χ4v) is 2.91. The minimum Gasteiger partial charge on any atom is -0.322 e. The Morgan fingerprint density at radius 1 is 1.14 bits per heavy atom. The second kappa shape index (κ2) is 7.07. The van der Waals surface area contributed by atoms with Crippen LogP contribution in [-0.2, 0) is 0 Å². The molecule has 0 fully saturated rings. The van der Waals surface area contributed by atoms with Gasteiger partial charge in [0.1, 0.15) is 5.82 Å². The monoisotopic (exact) mass is 376 g/mol. The van der Waals surface area contributed by atoms with Gasteiger partial charge in [-0.1, -0.05) is 0 Å². The predicted molar refractivity (Wildman–Crippen MR) is 102 cm³/mol. The molecule has 0 aliphatic heterocycles. The third-order valence-electron chi connectivity index (χ3n) is 4.22. The number of carbonyl (C=O) groups excluding carboxylic acids is 1. The highest BCUT2D eigenvalue weighted by Gasteiger charge is 2.11. The van der Waals surface area contributed by atoms with Crippen LogP contribution >= 0.6 is 0 Å². The number of benzene rings is 1. The maximum atomic E-state index is 14.3. The van der Waals surface area contributed by atoms with Crippen molar-refractivity contribution in [1.29, 1.82) is 0 Å². The zero-order valence-electron chi connectivity index (χ0n) is 15.3. The standard InChI is InChI=1S/C20H17FN6O/c1-13-9-14(2)27(25-13)19-6-3-15(11-23-19)20(28)24-16-4-5-18(17(21)10-16)26-8-7-22-12-26/h3-12H,1-2H3,(H,24,28). The number of pyridine rings is 1. The summed E-state index contributed by atoms with van der Waals surface area (Å²) < 4.78 is 17.6. The van der Waals surface area contributed by atoms with Crippen molar-refractivity contribution in [3.05, 3.63) is 84.1 Å². The molecule has 1 N–H and O–H groups in total. The predicted octanol–water partition coefficient (Wildman–Crippen LogP) is 3.46. The third-order valence-corrected chi connectivity index (χ3v) is 4.22. The van der Waals surface area contributed by atoms with Crippen LogP contribution in [0.3, 0.4) is 0 Å². The smallest absolute Gasteiger partial charge is 0.257 e. The van der Waals surface area contributed by atoms with Gasteiger partial charge in [0.25, 0.3) is 5.91 Å². The molecule has 0 atom stereocenters. The van der Waals surface area contributed by atoms with E-state index in [9.17, 15) is 9.18 Å². The molecular formula is C20H17FN6O. The van der Waals surface area contributed by atoms with Crippen LogP contribution in [0.4, 0.5) is 10.1 Å². The zero-order valence-corrected chi connectivity index (χ0v) is 15.3. The van der Waals surface area contributed by atoms with E-state index >= 15 is 0 Å². The highest BCUT2D eigenvalue weighted by Crippen LogP contribution is 2.19. The molecule has 1 aromatic carbocycles. The minimum absolute atomic E-state index is 0.353. The fourth-order valence-electron chi connectivity index (χ4n) is 2.91. The number of carbonyl (C=O) groups is 1. The van der Waals surface area contributed by atoms with Gasteiger partial charge in [0.05, 0.1) is 23.3 Å². The molecule has 28 heavy (non-hydrogen) atoms. The maximum Gasteiger partial charge on any atom is 0.257 e. The van der Waals surface area contributed by atoms with Gasteiger partial charge in [-0.05, 0) is 50.2 Å². The van der Waals surface area contributed by atoms with Gasteiger partial charge in [0.2, 0.25) is 0 Å². The van der Waals surface area contributed by atoms with Crippen LogP contribution < -0.4 is 5.32 Å². The van der Waals surface area contributed by atoms with Crippen molar-refractivity contribution in [2.24, 2.45) is 0 Å².